The number of rotatable bonds is 0. The van der Waals surface area contributed by atoms with Crippen LogP contribution < -0.4 is 0 Å². The molecule has 0 saturated heterocycles. The lowest BCUT2D eigenvalue weighted by Crippen LogP contribution is -1.95. The van der Waals surface area contributed by atoms with Crippen molar-refractivity contribution >= 4 is 11.8 Å². The van der Waals surface area contributed by atoms with Crippen LogP contribution >= 0.6 is 11.8 Å². The fourth-order valence-electron chi connectivity index (χ4n) is 1.91. The molecule has 0 aromatic heterocycles. The summed E-state index contributed by atoms with van der Waals surface area (Å²) in [5.74, 6) is 0.612. The van der Waals surface area contributed by atoms with Gasteiger partial charge in [0.15, 0.2) is 0 Å². The molecule has 0 nitrogen and oxygen atoms in total. The molecular weight excluding hydrogens is 188 g/mol. The van der Waals surface area contributed by atoms with Gasteiger partial charge in [-0.05, 0) is 36.8 Å². The van der Waals surface area contributed by atoms with Crippen molar-refractivity contribution in [3.05, 3.63) is 44.8 Å². The quantitative estimate of drug-likeness (QED) is 0.562. The van der Waals surface area contributed by atoms with E-state index in [9.17, 15) is 0 Å². The fraction of sp³-hybridized carbons (Fsp3) is 0.385. The summed E-state index contributed by atoms with van der Waals surface area (Å²) in [6, 6.07) is 0. The van der Waals surface area contributed by atoms with Crippen LogP contribution in [0, 0.1) is 5.92 Å². The minimum Gasteiger partial charge on any atom is -0.0981 e. The Bertz CT molecular complexity index is 391. The van der Waals surface area contributed by atoms with Crippen molar-refractivity contribution in [1.82, 2.24) is 0 Å². The highest BCUT2D eigenvalue weighted by molar-refractivity contribution is 8.07. The first-order valence-corrected chi connectivity index (χ1v) is 5.87. The molecule has 0 amide bonds. The Balaban J connectivity index is 2.41. The molecule has 0 N–H and O–H groups in total. The minimum atomic E-state index is 0.612. The molecule has 0 bridgehead atoms. The molecule has 2 rings (SSSR count). The molecule has 0 aromatic carbocycles. The lowest BCUT2D eigenvalue weighted by Gasteiger charge is -2.10. The normalized spacial score (nSPS) is 31.7. The maximum atomic E-state index is 2.31. The van der Waals surface area contributed by atoms with Crippen molar-refractivity contribution in [2.45, 2.75) is 27.7 Å². The molecular formula is C13H16S. The highest BCUT2D eigenvalue weighted by Gasteiger charge is 2.25. The third kappa shape index (κ3) is 1.40. The van der Waals surface area contributed by atoms with E-state index in [1.807, 2.05) is 11.8 Å². The first-order valence-electron chi connectivity index (χ1n) is 5.06. The Morgan fingerprint density at radius 3 is 2.36 bits per heavy atom. The molecule has 1 heteroatoms. The Labute approximate surface area is 90.5 Å². The second-order valence-corrected chi connectivity index (χ2v) is 5.31. The molecule has 0 saturated carbocycles. The molecule has 0 spiro atoms. The Kier molecular flexibility index (Phi) is 2.44. The fourth-order valence-corrected chi connectivity index (χ4v) is 3.27. The number of thioether (sulfide) groups is 1. The van der Waals surface area contributed by atoms with Crippen LogP contribution in [-0.4, -0.2) is 0 Å². The van der Waals surface area contributed by atoms with E-state index in [0.717, 1.165) is 0 Å². The summed E-state index contributed by atoms with van der Waals surface area (Å²) in [5.41, 5.74) is 4.38. The number of hydrogen-bond acceptors (Lipinski definition) is 1. The van der Waals surface area contributed by atoms with Gasteiger partial charge >= 0.3 is 0 Å². The highest BCUT2D eigenvalue weighted by atomic mass is 32.2. The summed E-state index contributed by atoms with van der Waals surface area (Å²) in [5, 5.41) is 0. The summed E-state index contributed by atoms with van der Waals surface area (Å²) in [6.07, 6.45) is 6.58. The second kappa shape index (κ2) is 3.47. The van der Waals surface area contributed by atoms with Crippen LogP contribution in [0.15, 0.2) is 44.8 Å². The van der Waals surface area contributed by atoms with E-state index in [4.69, 9.17) is 0 Å². The molecule has 0 fully saturated rings. The van der Waals surface area contributed by atoms with E-state index in [1.54, 1.807) is 0 Å². The number of hydrogen-bond donors (Lipinski definition) is 0. The predicted molar refractivity (Wildman–Crippen MR) is 65.1 cm³/mol. The maximum absolute atomic E-state index is 2.31. The summed E-state index contributed by atoms with van der Waals surface area (Å²) >= 11 is 1.95. The largest absolute Gasteiger partial charge is 0.0981 e. The zero-order valence-corrected chi connectivity index (χ0v) is 10.0. The SMILES string of the molecule is CC1=CC=CC1=C1SC(C)=C(C)C1C. The van der Waals surface area contributed by atoms with E-state index in [-0.39, 0.29) is 0 Å². The van der Waals surface area contributed by atoms with Crippen molar-refractivity contribution in [2.75, 3.05) is 0 Å². The zero-order valence-electron chi connectivity index (χ0n) is 9.22. The van der Waals surface area contributed by atoms with E-state index in [0.29, 0.717) is 5.92 Å². The first-order chi connectivity index (χ1) is 6.61. The van der Waals surface area contributed by atoms with Gasteiger partial charge in [0.05, 0.1) is 0 Å². The monoisotopic (exact) mass is 204 g/mol. The van der Waals surface area contributed by atoms with Crippen LogP contribution in [0.2, 0.25) is 0 Å². The van der Waals surface area contributed by atoms with Crippen LogP contribution in [-0.2, 0) is 0 Å². The van der Waals surface area contributed by atoms with Crippen molar-refractivity contribution < 1.29 is 0 Å². The van der Waals surface area contributed by atoms with Gasteiger partial charge in [0.1, 0.15) is 0 Å². The first kappa shape index (κ1) is 9.85. The van der Waals surface area contributed by atoms with Gasteiger partial charge in [0.2, 0.25) is 0 Å². The standard InChI is InChI=1S/C13H16S/c1-8-6-5-7-12(8)13-10(3)9(2)11(4)14-13/h5-7,10H,1-4H3. The van der Waals surface area contributed by atoms with Gasteiger partial charge in [-0.15, -0.1) is 0 Å². The molecule has 1 unspecified atom stereocenters. The van der Waals surface area contributed by atoms with E-state index in [1.165, 1.54) is 26.5 Å². The Hall–Kier alpha value is -0.690. The molecule has 0 aromatic rings. The van der Waals surface area contributed by atoms with Crippen molar-refractivity contribution in [3.63, 3.8) is 0 Å². The van der Waals surface area contributed by atoms with Crippen molar-refractivity contribution in [1.29, 1.82) is 0 Å². The Morgan fingerprint density at radius 1 is 1.21 bits per heavy atom. The van der Waals surface area contributed by atoms with Crippen LogP contribution in [0.5, 0.6) is 0 Å². The molecule has 1 atom stereocenters. The summed E-state index contributed by atoms with van der Waals surface area (Å²) < 4.78 is 0. The van der Waals surface area contributed by atoms with Gasteiger partial charge in [0, 0.05) is 10.8 Å². The third-order valence-electron chi connectivity index (χ3n) is 3.16. The van der Waals surface area contributed by atoms with Crippen LogP contribution in [0.1, 0.15) is 27.7 Å². The third-order valence-corrected chi connectivity index (χ3v) is 4.58. The second-order valence-electron chi connectivity index (χ2n) is 4.05. The minimum absolute atomic E-state index is 0.612. The lowest BCUT2D eigenvalue weighted by molar-refractivity contribution is 0.850. The van der Waals surface area contributed by atoms with Gasteiger partial charge in [0.25, 0.3) is 0 Å². The summed E-state index contributed by atoms with van der Waals surface area (Å²) in [7, 11) is 0. The lowest BCUT2D eigenvalue weighted by atomic mass is 9.98. The topological polar surface area (TPSA) is 0 Å². The van der Waals surface area contributed by atoms with E-state index >= 15 is 0 Å². The van der Waals surface area contributed by atoms with Crippen molar-refractivity contribution in [3.8, 4) is 0 Å². The van der Waals surface area contributed by atoms with Crippen molar-refractivity contribution in [2.24, 2.45) is 5.92 Å². The zero-order chi connectivity index (χ0) is 10.3. The predicted octanol–water partition coefficient (Wildman–Crippen LogP) is 4.43. The Morgan fingerprint density at radius 2 is 1.93 bits per heavy atom. The smallest absolute Gasteiger partial charge is 0.00974 e. The summed E-state index contributed by atoms with van der Waals surface area (Å²) in [4.78, 5) is 3.01. The molecule has 14 heavy (non-hydrogen) atoms. The molecule has 74 valence electrons. The van der Waals surface area contributed by atoms with Gasteiger partial charge in [-0.3, -0.25) is 0 Å². The molecule has 1 aliphatic carbocycles. The van der Waals surface area contributed by atoms with E-state index in [2.05, 4.69) is 45.9 Å². The van der Waals surface area contributed by atoms with E-state index < -0.39 is 0 Å². The average molecular weight is 204 g/mol. The van der Waals surface area contributed by atoms with Crippen LogP contribution in [0.4, 0.5) is 0 Å². The van der Waals surface area contributed by atoms with Crippen LogP contribution in [0.3, 0.4) is 0 Å². The molecule has 1 heterocycles. The molecule has 0 radical (unpaired) electrons. The average Bonchev–Trinajstić information content (AvgIpc) is 2.66. The van der Waals surface area contributed by atoms with Gasteiger partial charge in [-0.1, -0.05) is 42.5 Å². The van der Waals surface area contributed by atoms with Gasteiger partial charge in [-0.2, -0.15) is 0 Å². The maximum Gasteiger partial charge on any atom is 0.00974 e. The highest BCUT2D eigenvalue weighted by Crippen LogP contribution is 2.47. The van der Waals surface area contributed by atoms with Gasteiger partial charge in [-0.25, -0.2) is 0 Å². The molecule has 2 aliphatic rings. The number of allylic oxidation sites excluding steroid dienone is 8. The summed E-state index contributed by atoms with van der Waals surface area (Å²) in [6.45, 7) is 8.97. The van der Waals surface area contributed by atoms with Gasteiger partial charge < -0.3 is 0 Å². The van der Waals surface area contributed by atoms with Crippen LogP contribution in [0.25, 0.3) is 0 Å². The molecule has 1 aliphatic heterocycles.